The molecule has 0 unspecified atom stereocenters. The number of aliphatic hydroxyl groups excluding tert-OH is 1. The van der Waals surface area contributed by atoms with Gasteiger partial charge in [-0.1, -0.05) is 6.92 Å². The van der Waals surface area contributed by atoms with Crippen LogP contribution in [0, 0.1) is 5.92 Å². The fourth-order valence-corrected chi connectivity index (χ4v) is 1.59. The highest BCUT2D eigenvalue weighted by molar-refractivity contribution is 5.74. The van der Waals surface area contributed by atoms with Crippen LogP contribution in [-0.2, 0) is 4.79 Å². The first kappa shape index (κ1) is 8.53. The van der Waals surface area contributed by atoms with Crippen molar-refractivity contribution in [1.82, 2.24) is 5.32 Å². The Kier molecular flexibility index (Phi) is 2.18. The summed E-state index contributed by atoms with van der Waals surface area (Å²) in [5.41, 5.74) is -0.300. The first-order valence-electron chi connectivity index (χ1n) is 4.00. The molecule has 1 amide bonds. The number of carbonyl (C=O) groups excluding carboxylic acids is 1. The molecule has 0 aromatic carbocycles. The van der Waals surface area contributed by atoms with Crippen LogP contribution < -0.4 is 5.32 Å². The lowest BCUT2D eigenvalue weighted by atomic mass is 9.68. The molecule has 2 N–H and O–H groups in total. The number of carbonyl (C=O) groups is 1. The van der Waals surface area contributed by atoms with E-state index in [4.69, 9.17) is 5.11 Å². The Bertz CT molecular complexity index is 165. The molecule has 2 atom stereocenters. The van der Waals surface area contributed by atoms with Crippen LogP contribution in [0.25, 0.3) is 0 Å². The van der Waals surface area contributed by atoms with Gasteiger partial charge in [-0.25, -0.2) is 0 Å². The van der Waals surface area contributed by atoms with Gasteiger partial charge in [-0.05, 0) is 18.8 Å². The summed E-state index contributed by atoms with van der Waals surface area (Å²) < 4.78 is 0. The fourth-order valence-electron chi connectivity index (χ4n) is 1.59. The SMILES string of the molecule is CC(=O)N[C@]1(CO)CC[C@H]1C. The van der Waals surface area contributed by atoms with E-state index in [0.717, 1.165) is 12.8 Å². The van der Waals surface area contributed by atoms with Crippen molar-refractivity contribution in [3.05, 3.63) is 0 Å². The van der Waals surface area contributed by atoms with Crippen LogP contribution >= 0.6 is 0 Å². The maximum absolute atomic E-state index is 10.7. The van der Waals surface area contributed by atoms with E-state index in [2.05, 4.69) is 12.2 Å². The zero-order valence-corrected chi connectivity index (χ0v) is 7.05. The lowest BCUT2D eigenvalue weighted by Crippen LogP contribution is -2.61. The van der Waals surface area contributed by atoms with Gasteiger partial charge in [0.1, 0.15) is 0 Å². The van der Waals surface area contributed by atoms with Crippen LogP contribution in [0.2, 0.25) is 0 Å². The Labute approximate surface area is 66.8 Å². The normalized spacial score (nSPS) is 36.1. The quantitative estimate of drug-likeness (QED) is 0.605. The molecule has 0 saturated heterocycles. The third-order valence-electron chi connectivity index (χ3n) is 2.67. The molecule has 0 aromatic rings. The highest BCUT2D eigenvalue weighted by Crippen LogP contribution is 2.37. The van der Waals surface area contributed by atoms with E-state index in [1.165, 1.54) is 6.92 Å². The van der Waals surface area contributed by atoms with Gasteiger partial charge in [-0.15, -0.1) is 0 Å². The monoisotopic (exact) mass is 157 g/mol. The lowest BCUT2D eigenvalue weighted by molar-refractivity contribution is -0.124. The van der Waals surface area contributed by atoms with Crippen LogP contribution in [0.4, 0.5) is 0 Å². The maximum atomic E-state index is 10.7. The van der Waals surface area contributed by atoms with Gasteiger partial charge >= 0.3 is 0 Å². The highest BCUT2D eigenvalue weighted by Gasteiger charge is 2.43. The van der Waals surface area contributed by atoms with E-state index in [1.54, 1.807) is 0 Å². The molecule has 0 radical (unpaired) electrons. The molecule has 3 nitrogen and oxygen atoms in total. The zero-order valence-electron chi connectivity index (χ0n) is 7.05. The number of hydrogen-bond acceptors (Lipinski definition) is 2. The van der Waals surface area contributed by atoms with Crippen molar-refractivity contribution in [2.24, 2.45) is 5.92 Å². The van der Waals surface area contributed by atoms with Crippen LogP contribution in [0.15, 0.2) is 0 Å². The Morgan fingerprint density at radius 3 is 2.55 bits per heavy atom. The molecular weight excluding hydrogens is 142 g/mol. The summed E-state index contributed by atoms with van der Waals surface area (Å²) in [7, 11) is 0. The summed E-state index contributed by atoms with van der Waals surface area (Å²) in [5, 5.41) is 11.8. The van der Waals surface area contributed by atoms with Crippen molar-refractivity contribution in [2.45, 2.75) is 32.2 Å². The number of nitrogens with one attached hydrogen (secondary N) is 1. The third-order valence-corrected chi connectivity index (χ3v) is 2.67. The smallest absolute Gasteiger partial charge is 0.217 e. The van der Waals surface area contributed by atoms with Crippen molar-refractivity contribution in [2.75, 3.05) is 6.61 Å². The van der Waals surface area contributed by atoms with Crippen LogP contribution in [0.3, 0.4) is 0 Å². The second-order valence-electron chi connectivity index (χ2n) is 3.44. The molecule has 1 saturated carbocycles. The summed E-state index contributed by atoms with van der Waals surface area (Å²) in [6, 6.07) is 0. The maximum Gasteiger partial charge on any atom is 0.217 e. The Balaban J connectivity index is 2.54. The lowest BCUT2D eigenvalue weighted by Gasteiger charge is -2.47. The van der Waals surface area contributed by atoms with Crippen LogP contribution in [0.5, 0.6) is 0 Å². The summed E-state index contributed by atoms with van der Waals surface area (Å²) in [4.78, 5) is 10.7. The molecule has 64 valence electrons. The van der Waals surface area contributed by atoms with Gasteiger partial charge in [0.15, 0.2) is 0 Å². The van der Waals surface area contributed by atoms with E-state index >= 15 is 0 Å². The topological polar surface area (TPSA) is 49.3 Å². The minimum Gasteiger partial charge on any atom is -0.394 e. The molecular formula is C8H15NO2. The summed E-state index contributed by atoms with van der Waals surface area (Å²) in [6.07, 6.45) is 2.01. The Hall–Kier alpha value is -0.570. The summed E-state index contributed by atoms with van der Waals surface area (Å²) >= 11 is 0. The average Bonchev–Trinajstić information content (AvgIpc) is 1.96. The molecule has 1 fully saturated rings. The zero-order chi connectivity index (χ0) is 8.48. The van der Waals surface area contributed by atoms with Crippen molar-refractivity contribution >= 4 is 5.91 Å². The molecule has 0 aliphatic heterocycles. The van der Waals surface area contributed by atoms with Gasteiger partial charge in [0, 0.05) is 6.92 Å². The summed E-state index contributed by atoms with van der Waals surface area (Å²) in [5.74, 6) is 0.363. The number of hydrogen-bond donors (Lipinski definition) is 2. The van der Waals surface area contributed by atoms with E-state index in [1.807, 2.05) is 0 Å². The molecule has 0 bridgehead atoms. The molecule has 1 aliphatic rings. The van der Waals surface area contributed by atoms with Gasteiger partial charge in [0.05, 0.1) is 12.1 Å². The second kappa shape index (κ2) is 2.81. The Morgan fingerprint density at radius 1 is 1.82 bits per heavy atom. The Morgan fingerprint density at radius 2 is 2.45 bits per heavy atom. The number of aliphatic hydroxyl groups is 1. The van der Waals surface area contributed by atoms with Gasteiger partial charge in [-0.2, -0.15) is 0 Å². The molecule has 0 aromatic heterocycles. The van der Waals surface area contributed by atoms with E-state index in [9.17, 15) is 4.79 Å². The highest BCUT2D eigenvalue weighted by atomic mass is 16.3. The summed E-state index contributed by atoms with van der Waals surface area (Å²) in [6.45, 7) is 3.60. The largest absolute Gasteiger partial charge is 0.394 e. The molecule has 11 heavy (non-hydrogen) atoms. The standard InChI is InChI=1S/C8H15NO2/c1-6-3-4-8(6,5-10)9-7(2)11/h6,10H,3-5H2,1-2H3,(H,9,11)/t6-,8+/m1/s1. The number of rotatable bonds is 2. The molecule has 1 rings (SSSR count). The first-order valence-corrected chi connectivity index (χ1v) is 4.00. The average molecular weight is 157 g/mol. The van der Waals surface area contributed by atoms with Crippen LogP contribution in [0.1, 0.15) is 26.7 Å². The van der Waals surface area contributed by atoms with Gasteiger partial charge in [0.25, 0.3) is 0 Å². The molecule has 0 heterocycles. The van der Waals surface area contributed by atoms with E-state index < -0.39 is 0 Å². The number of amides is 1. The minimum absolute atomic E-state index is 0.0504. The van der Waals surface area contributed by atoms with Crippen molar-refractivity contribution in [3.63, 3.8) is 0 Å². The predicted molar refractivity (Wildman–Crippen MR) is 42.0 cm³/mol. The van der Waals surface area contributed by atoms with E-state index in [-0.39, 0.29) is 18.1 Å². The van der Waals surface area contributed by atoms with Gasteiger partial charge in [0.2, 0.25) is 5.91 Å². The van der Waals surface area contributed by atoms with Crippen molar-refractivity contribution < 1.29 is 9.90 Å². The van der Waals surface area contributed by atoms with Gasteiger partial charge < -0.3 is 10.4 Å². The second-order valence-corrected chi connectivity index (χ2v) is 3.44. The molecule has 3 heteroatoms. The predicted octanol–water partition coefficient (Wildman–Crippen LogP) is 0.283. The first-order chi connectivity index (χ1) is 5.10. The van der Waals surface area contributed by atoms with Crippen LogP contribution in [-0.4, -0.2) is 23.2 Å². The van der Waals surface area contributed by atoms with E-state index in [0.29, 0.717) is 5.92 Å². The van der Waals surface area contributed by atoms with Crippen molar-refractivity contribution in [3.8, 4) is 0 Å². The third kappa shape index (κ3) is 1.38. The molecule has 0 spiro atoms. The fraction of sp³-hybridized carbons (Fsp3) is 0.875. The van der Waals surface area contributed by atoms with Gasteiger partial charge in [-0.3, -0.25) is 4.79 Å². The van der Waals surface area contributed by atoms with Crippen molar-refractivity contribution in [1.29, 1.82) is 0 Å². The molecule has 1 aliphatic carbocycles. The minimum atomic E-state index is -0.300.